The number of hydrogen-bond donors (Lipinski definition) is 0. The lowest BCUT2D eigenvalue weighted by molar-refractivity contribution is -0.133. The summed E-state index contributed by atoms with van der Waals surface area (Å²) in [6.07, 6.45) is 4.47. The van der Waals surface area contributed by atoms with Crippen molar-refractivity contribution in [2.24, 2.45) is 0 Å². The molecule has 7 heteroatoms. The monoisotopic (exact) mass is 496 g/mol. The van der Waals surface area contributed by atoms with E-state index in [2.05, 4.69) is 0 Å². The van der Waals surface area contributed by atoms with Crippen molar-refractivity contribution in [3.05, 3.63) is 111 Å². The summed E-state index contributed by atoms with van der Waals surface area (Å²) in [7, 11) is 2.77. The third kappa shape index (κ3) is 6.50. The zero-order chi connectivity index (χ0) is 24.5. The van der Waals surface area contributed by atoms with Gasteiger partial charge in [0.2, 0.25) is 0 Å². The Labute approximate surface area is 208 Å². The highest BCUT2D eigenvalue weighted by molar-refractivity contribution is 6.42. The van der Waals surface area contributed by atoms with Gasteiger partial charge in [0.15, 0.2) is 5.78 Å². The normalized spacial score (nSPS) is 11.4. The molecule has 5 nitrogen and oxygen atoms in total. The maximum Gasteiger partial charge on any atom is 0.341 e. The Hall–Kier alpha value is -3.54. The van der Waals surface area contributed by atoms with Crippen molar-refractivity contribution >= 4 is 46.6 Å². The van der Waals surface area contributed by atoms with Gasteiger partial charge in [-0.2, -0.15) is 0 Å². The van der Waals surface area contributed by atoms with Gasteiger partial charge in [0.25, 0.3) is 0 Å². The van der Waals surface area contributed by atoms with Crippen LogP contribution in [0.4, 0.5) is 0 Å². The van der Waals surface area contributed by atoms with Crippen LogP contribution in [0.5, 0.6) is 5.75 Å². The number of hydrogen-bond acceptors (Lipinski definition) is 5. The van der Waals surface area contributed by atoms with Crippen LogP contribution < -0.4 is 4.74 Å². The first-order valence-corrected chi connectivity index (χ1v) is 11.0. The Morgan fingerprint density at radius 3 is 2.44 bits per heavy atom. The predicted octanol–water partition coefficient (Wildman–Crippen LogP) is 6.63. The molecular formula is C27H22Cl2O5. The fourth-order valence-electron chi connectivity index (χ4n) is 3.14. The van der Waals surface area contributed by atoms with Crippen LogP contribution >= 0.6 is 23.2 Å². The molecular weight excluding hydrogens is 475 g/mol. The van der Waals surface area contributed by atoms with E-state index in [0.29, 0.717) is 26.9 Å². The number of rotatable bonds is 9. The minimum atomic E-state index is -0.518. The number of halogens is 2. The van der Waals surface area contributed by atoms with Gasteiger partial charge in [-0.25, -0.2) is 4.79 Å². The zero-order valence-corrected chi connectivity index (χ0v) is 20.1. The second kappa shape index (κ2) is 12.1. The summed E-state index contributed by atoms with van der Waals surface area (Å²) in [6, 6.07) is 19.3. The molecule has 0 spiro atoms. The van der Waals surface area contributed by atoms with E-state index in [0.717, 1.165) is 11.1 Å². The summed E-state index contributed by atoms with van der Waals surface area (Å²) in [6.45, 7) is 0.172. The van der Waals surface area contributed by atoms with Crippen LogP contribution in [0.25, 0.3) is 11.6 Å². The predicted molar refractivity (Wildman–Crippen MR) is 134 cm³/mol. The van der Waals surface area contributed by atoms with Gasteiger partial charge in [0, 0.05) is 5.56 Å². The standard InChI is InChI=1S/C27H22Cl2O5/c1-32-17-23(27(31)33-2)22-9-4-3-6-20(22)16-34-21-8-5-7-19(15-21)26(30)13-11-18-10-12-24(28)25(29)14-18/h3-15,17H,16H2,1-2H3/b13-11+,23-17+. The van der Waals surface area contributed by atoms with Crippen LogP contribution in [0.15, 0.2) is 79.1 Å². The summed E-state index contributed by atoms with van der Waals surface area (Å²) in [5, 5.41) is 0.871. The van der Waals surface area contributed by atoms with Gasteiger partial charge < -0.3 is 14.2 Å². The molecule has 174 valence electrons. The number of carbonyl (C=O) groups is 2. The van der Waals surface area contributed by atoms with Crippen LogP contribution in [-0.4, -0.2) is 26.0 Å². The Balaban J connectivity index is 1.75. The number of ether oxygens (including phenoxy) is 3. The minimum absolute atomic E-state index is 0.172. The largest absolute Gasteiger partial charge is 0.503 e. The summed E-state index contributed by atoms with van der Waals surface area (Å²) in [4.78, 5) is 24.8. The lowest BCUT2D eigenvalue weighted by Gasteiger charge is -2.13. The minimum Gasteiger partial charge on any atom is -0.503 e. The van der Waals surface area contributed by atoms with Gasteiger partial charge in [-0.1, -0.05) is 71.7 Å². The molecule has 0 unspecified atom stereocenters. The molecule has 0 aromatic heterocycles. The molecule has 0 aliphatic carbocycles. The van der Waals surface area contributed by atoms with Crippen molar-refractivity contribution in [2.45, 2.75) is 6.61 Å². The lowest BCUT2D eigenvalue weighted by atomic mass is 10.0. The first kappa shape index (κ1) is 25.1. The molecule has 0 bridgehead atoms. The van der Waals surface area contributed by atoms with Crippen LogP contribution in [-0.2, 0) is 20.9 Å². The maximum absolute atomic E-state index is 12.6. The number of allylic oxidation sites excluding steroid dienone is 1. The summed E-state index contributed by atoms with van der Waals surface area (Å²) in [5.41, 5.74) is 2.90. The number of ketones is 1. The fourth-order valence-corrected chi connectivity index (χ4v) is 3.45. The van der Waals surface area contributed by atoms with Gasteiger partial charge in [-0.05, 0) is 47.0 Å². The molecule has 0 saturated heterocycles. The number of carbonyl (C=O) groups excluding carboxylic acids is 2. The second-order valence-electron chi connectivity index (χ2n) is 7.10. The summed E-state index contributed by atoms with van der Waals surface area (Å²) >= 11 is 11.9. The zero-order valence-electron chi connectivity index (χ0n) is 18.6. The molecule has 3 aromatic rings. The van der Waals surface area contributed by atoms with E-state index in [1.54, 1.807) is 54.6 Å². The summed E-state index contributed by atoms with van der Waals surface area (Å²) < 4.78 is 15.8. The average Bonchev–Trinajstić information content (AvgIpc) is 2.86. The van der Waals surface area contributed by atoms with Gasteiger partial charge >= 0.3 is 5.97 Å². The molecule has 0 amide bonds. The van der Waals surface area contributed by atoms with Crippen molar-refractivity contribution in [3.63, 3.8) is 0 Å². The molecule has 0 heterocycles. The topological polar surface area (TPSA) is 61.8 Å². The number of esters is 1. The average molecular weight is 497 g/mol. The number of methoxy groups -OCH3 is 2. The molecule has 0 N–H and O–H groups in total. The van der Waals surface area contributed by atoms with Crippen LogP contribution in [0.2, 0.25) is 10.0 Å². The van der Waals surface area contributed by atoms with Gasteiger partial charge in [0.05, 0.1) is 30.5 Å². The fraction of sp³-hybridized carbons (Fsp3) is 0.111. The van der Waals surface area contributed by atoms with Crippen molar-refractivity contribution < 1.29 is 23.8 Å². The Morgan fingerprint density at radius 1 is 0.912 bits per heavy atom. The van der Waals surface area contributed by atoms with E-state index in [-0.39, 0.29) is 18.0 Å². The summed E-state index contributed by atoms with van der Waals surface area (Å²) in [5.74, 6) is -0.192. The highest BCUT2D eigenvalue weighted by Crippen LogP contribution is 2.25. The molecule has 34 heavy (non-hydrogen) atoms. The molecule has 0 saturated carbocycles. The third-order valence-corrected chi connectivity index (χ3v) is 5.57. The first-order chi connectivity index (χ1) is 16.4. The van der Waals surface area contributed by atoms with Crippen LogP contribution in [0.3, 0.4) is 0 Å². The van der Waals surface area contributed by atoms with E-state index in [1.807, 2.05) is 18.2 Å². The van der Waals surface area contributed by atoms with Crippen molar-refractivity contribution in [3.8, 4) is 5.75 Å². The Kier molecular flexibility index (Phi) is 8.91. The first-order valence-electron chi connectivity index (χ1n) is 10.2. The van der Waals surface area contributed by atoms with Crippen molar-refractivity contribution in [1.29, 1.82) is 0 Å². The highest BCUT2D eigenvalue weighted by Gasteiger charge is 2.17. The van der Waals surface area contributed by atoms with E-state index >= 15 is 0 Å². The molecule has 3 rings (SSSR count). The molecule has 0 aliphatic rings. The van der Waals surface area contributed by atoms with E-state index in [1.165, 1.54) is 26.6 Å². The highest BCUT2D eigenvalue weighted by atomic mass is 35.5. The quantitative estimate of drug-likeness (QED) is 0.144. The molecule has 0 fully saturated rings. The molecule has 0 atom stereocenters. The van der Waals surface area contributed by atoms with Gasteiger partial charge in [-0.15, -0.1) is 0 Å². The SMILES string of the molecule is CO/C=C(/C(=O)OC)c1ccccc1COc1cccc(C(=O)/C=C/c2ccc(Cl)c(Cl)c2)c1. The smallest absolute Gasteiger partial charge is 0.341 e. The third-order valence-electron chi connectivity index (χ3n) is 4.83. The number of benzene rings is 3. The van der Waals surface area contributed by atoms with E-state index in [4.69, 9.17) is 37.4 Å². The van der Waals surface area contributed by atoms with E-state index in [9.17, 15) is 9.59 Å². The molecule has 3 aromatic carbocycles. The second-order valence-corrected chi connectivity index (χ2v) is 7.92. The van der Waals surface area contributed by atoms with Gasteiger partial charge in [-0.3, -0.25) is 4.79 Å². The maximum atomic E-state index is 12.6. The van der Waals surface area contributed by atoms with E-state index < -0.39 is 5.97 Å². The van der Waals surface area contributed by atoms with Crippen molar-refractivity contribution in [1.82, 2.24) is 0 Å². The van der Waals surface area contributed by atoms with Crippen molar-refractivity contribution in [2.75, 3.05) is 14.2 Å². The Bertz CT molecular complexity index is 1250. The molecule has 0 aliphatic heterocycles. The Morgan fingerprint density at radius 2 is 1.71 bits per heavy atom. The van der Waals surface area contributed by atoms with Gasteiger partial charge in [0.1, 0.15) is 17.9 Å². The van der Waals surface area contributed by atoms with Crippen LogP contribution in [0.1, 0.15) is 27.0 Å². The molecule has 0 radical (unpaired) electrons. The van der Waals surface area contributed by atoms with Crippen LogP contribution in [0, 0.1) is 0 Å². The lowest BCUT2D eigenvalue weighted by Crippen LogP contribution is -2.08.